The molecule has 0 aromatic heterocycles. The fourth-order valence-corrected chi connectivity index (χ4v) is 6.49. The number of benzene rings is 3. The Bertz CT molecular complexity index is 1110. The average Bonchev–Trinajstić information content (AvgIpc) is 3.11. The van der Waals surface area contributed by atoms with E-state index in [2.05, 4.69) is 101 Å². The number of hydrogen-bond acceptors (Lipinski definition) is 3. The van der Waals surface area contributed by atoms with Crippen molar-refractivity contribution in [1.82, 2.24) is 9.80 Å². The molecule has 0 radical (unpaired) electrons. The van der Waals surface area contributed by atoms with Crippen LogP contribution in [-0.2, 0) is 17.7 Å². The maximum Gasteiger partial charge on any atom is 0.182 e. The minimum absolute atomic E-state index is 0.162. The third-order valence-corrected chi connectivity index (χ3v) is 8.06. The molecule has 3 aromatic carbocycles. The highest BCUT2D eigenvalue weighted by molar-refractivity contribution is 5.40. The largest absolute Gasteiger partial charge is 0.476 e. The molecule has 1 saturated carbocycles. The van der Waals surface area contributed by atoms with Gasteiger partial charge >= 0.3 is 0 Å². The molecule has 3 unspecified atom stereocenters. The number of ether oxygens (including phenoxy) is 1. The van der Waals surface area contributed by atoms with Crippen molar-refractivity contribution in [3.05, 3.63) is 120 Å². The van der Waals surface area contributed by atoms with E-state index in [4.69, 9.17) is 4.74 Å². The summed E-state index contributed by atoms with van der Waals surface area (Å²) in [6, 6.07) is 30.7. The zero-order chi connectivity index (χ0) is 22.9. The maximum absolute atomic E-state index is 6.79. The molecule has 174 valence electrons. The Morgan fingerprint density at radius 3 is 2.21 bits per heavy atom. The molecule has 6 rings (SSSR count). The molecule has 2 aliphatic heterocycles. The van der Waals surface area contributed by atoms with Crippen molar-refractivity contribution in [2.45, 2.75) is 38.0 Å². The maximum atomic E-state index is 6.79. The number of hydrogen-bond donors (Lipinski definition) is 0. The van der Waals surface area contributed by atoms with E-state index in [-0.39, 0.29) is 12.1 Å². The van der Waals surface area contributed by atoms with Gasteiger partial charge in [0.25, 0.3) is 0 Å². The quantitative estimate of drug-likeness (QED) is 0.426. The minimum atomic E-state index is 0.162. The smallest absolute Gasteiger partial charge is 0.182 e. The van der Waals surface area contributed by atoms with Crippen molar-refractivity contribution in [2.24, 2.45) is 11.8 Å². The molecule has 0 amide bonds. The molecule has 2 heterocycles. The molecule has 3 heteroatoms. The molecule has 3 aromatic rings. The molecule has 2 bridgehead atoms. The van der Waals surface area contributed by atoms with E-state index in [0.717, 1.165) is 38.5 Å². The Labute approximate surface area is 203 Å². The van der Waals surface area contributed by atoms with Crippen LogP contribution in [0.25, 0.3) is 0 Å². The molecule has 2 fully saturated rings. The fraction of sp³-hybridized carbons (Fsp3) is 0.355. The number of fused-ring (bicyclic) bond motifs is 3. The van der Waals surface area contributed by atoms with Gasteiger partial charge in [-0.3, -0.25) is 4.90 Å². The van der Waals surface area contributed by atoms with Crippen molar-refractivity contribution >= 4 is 0 Å². The van der Waals surface area contributed by atoms with Crippen LogP contribution in [0.15, 0.2) is 97.4 Å². The van der Waals surface area contributed by atoms with Crippen LogP contribution in [0.5, 0.6) is 0 Å². The second-order valence-corrected chi connectivity index (χ2v) is 10.2. The van der Waals surface area contributed by atoms with Gasteiger partial charge in [-0.2, -0.15) is 0 Å². The minimum Gasteiger partial charge on any atom is -0.476 e. The van der Waals surface area contributed by atoms with Gasteiger partial charge in [-0.25, -0.2) is 0 Å². The highest BCUT2D eigenvalue weighted by Gasteiger charge is 2.44. The topological polar surface area (TPSA) is 15.7 Å². The van der Waals surface area contributed by atoms with Gasteiger partial charge in [0.2, 0.25) is 0 Å². The summed E-state index contributed by atoms with van der Waals surface area (Å²) in [6.45, 7) is 8.72. The van der Waals surface area contributed by atoms with Crippen LogP contribution in [0.3, 0.4) is 0 Å². The second kappa shape index (κ2) is 9.31. The summed E-state index contributed by atoms with van der Waals surface area (Å²) in [6.07, 6.45) is 3.84. The Morgan fingerprint density at radius 2 is 1.47 bits per heavy atom. The van der Waals surface area contributed by atoms with E-state index in [0.29, 0.717) is 11.8 Å². The van der Waals surface area contributed by atoms with Crippen molar-refractivity contribution in [3.8, 4) is 0 Å². The van der Waals surface area contributed by atoms with Crippen molar-refractivity contribution in [1.29, 1.82) is 0 Å². The Hall–Kier alpha value is -3.04. The summed E-state index contributed by atoms with van der Waals surface area (Å²) in [7, 11) is 0. The van der Waals surface area contributed by atoms with Crippen LogP contribution in [-0.4, -0.2) is 35.5 Å². The highest BCUT2D eigenvalue weighted by atomic mass is 16.5. The third-order valence-electron chi connectivity index (χ3n) is 8.06. The number of nitrogens with zero attached hydrogens (tertiary/aromatic N) is 2. The first kappa shape index (κ1) is 21.5. The molecule has 1 aliphatic carbocycles. The Balaban J connectivity index is 1.19. The predicted octanol–water partition coefficient (Wildman–Crippen LogP) is 6.03. The van der Waals surface area contributed by atoms with Crippen LogP contribution in [0.2, 0.25) is 0 Å². The lowest BCUT2D eigenvalue weighted by Crippen LogP contribution is -2.46. The molecule has 1 saturated heterocycles. The van der Waals surface area contributed by atoms with E-state index in [1.807, 2.05) is 0 Å². The predicted molar refractivity (Wildman–Crippen MR) is 137 cm³/mol. The summed E-state index contributed by atoms with van der Waals surface area (Å²) in [5.74, 6) is 2.03. The summed E-state index contributed by atoms with van der Waals surface area (Å²) >= 11 is 0. The molecule has 0 N–H and O–H groups in total. The third kappa shape index (κ3) is 4.14. The molecule has 3 atom stereocenters. The van der Waals surface area contributed by atoms with Gasteiger partial charge in [0.15, 0.2) is 5.88 Å². The normalized spacial score (nSPS) is 26.2. The average molecular weight is 451 g/mol. The summed E-state index contributed by atoms with van der Waals surface area (Å²) < 4.78 is 6.79. The van der Waals surface area contributed by atoms with Crippen LogP contribution >= 0.6 is 0 Å². The summed E-state index contributed by atoms with van der Waals surface area (Å²) in [5.41, 5.74) is 5.53. The highest BCUT2D eigenvalue weighted by Crippen LogP contribution is 2.43. The zero-order valence-electron chi connectivity index (χ0n) is 19.9. The van der Waals surface area contributed by atoms with E-state index < -0.39 is 0 Å². The lowest BCUT2D eigenvalue weighted by Gasteiger charge is -2.43. The zero-order valence-corrected chi connectivity index (χ0v) is 19.9. The van der Waals surface area contributed by atoms with Crippen LogP contribution in [0, 0.1) is 11.8 Å². The monoisotopic (exact) mass is 450 g/mol. The van der Waals surface area contributed by atoms with Gasteiger partial charge in [-0.05, 0) is 48.1 Å². The van der Waals surface area contributed by atoms with E-state index in [1.54, 1.807) is 0 Å². The van der Waals surface area contributed by atoms with Crippen molar-refractivity contribution < 1.29 is 4.74 Å². The van der Waals surface area contributed by atoms with Gasteiger partial charge in [0.05, 0.1) is 6.04 Å². The van der Waals surface area contributed by atoms with Gasteiger partial charge in [-0.15, -0.1) is 0 Å². The number of likely N-dealkylation sites (tertiary alicyclic amines) is 1. The lowest BCUT2D eigenvalue weighted by atomic mass is 9.88. The van der Waals surface area contributed by atoms with Crippen molar-refractivity contribution in [2.75, 3.05) is 19.6 Å². The first-order chi connectivity index (χ1) is 16.8. The van der Waals surface area contributed by atoms with Crippen LogP contribution in [0.4, 0.5) is 0 Å². The summed E-state index contributed by atoms with van der Waals surface area (Å²) in [4.78, 5) is 5.04. The lowest BCUT2D eigenvalue weighted by molar-refractivity contribution is -0.0424. The number of rotatable bonds is 6. The van der Waals surface area contributed by atoms with E-state index in [1.165, 1.54) is 35.1 Å². The molecule has 34 heavy (non-hydrogen) atoms. The van der Waals surface area contributed by atoms with E-state index >= 15 is 0 Å². The molecular formula is C31H34N2O. The molecule has 0 spiro atoms. The SMILES string of the molecule is C=C(OC1C2CCC1CN(Cc1ccccc1)C2)N1CCc2ccccc2C1c1ccccc1. The first-order valence-electron chi connectivity index (χ1n) is 12.8. The standard InChI is InChI=1S/C31H34N2O/c1-23(33-19-18-25-12-8-9-15-29(25)30(33)26-13-6-3-7-14-26)34-31-27-16-17-28(31)22-32(21-27)20-24-10-4-2-5-11-24/h2-15,27-28,30-31H,1,16-22H2. The second-order valence-electron chi connectivity index (χ2n) is 10.2. The Morgan fingerprint density at radius 1 is 0.824 bits per heavy atom. The van der Waals surface area contributed by atoms with Gasteiger partial charge < -0.3 is 9.64 Å². The fourth-order valence-electron chi connectivity index (χ4n) is 6.49. The molecular weight excluding hydrogens is 416 g/mol. The summed E-state index contributed by atoms with van der Waals surface area (Å²) in [5, 5.41) is 0. The first-order valence-corrected chi connectivity index (χ1v) is 12.8. The van der Waals surface area contributed by atoms with Gasteiger partial charge in [-0.1, -0.05) is 84.9 Å². The molecule has 3 aliphatic rings. The Kier molecular flexibility index (Phi) is 5.88. The molecule has 3 nitrogen and oxygen atoms in total. The van der Waals surface area contributed by atoms with Gasteiger partial charge in [0.1, 0.15) is 6.10 Å². The van der Waals surface area contributed by atoms with Crippen LogP contribution in [0.1, 0.15) is 41.1 Å². The van der Waals surface area contributed by atoms with Crippen LogP contribution < -0.4 is 0 Å². The van der Waals surface area contributed by atoms with Crippen molar-refractivity contribution in [3.63, 3.8) is 0 Å². The van der Waals surface area contributed by atoms with Gasteiger partial charge in [0, 0.05) is 38.0 Å². The number of piperidine rings is 1. The van der Waals surface area contributed by atoms with E-state index in [9.17, 15) is 0 Å².